The van der Waals surface area contributed by atoms with Crippen LogP contribution in [0.2, 0.25) is 0 Å². The van der Waals surface area contributed by atoms with Crippen LogP contribution < -0.4 is 11.1 Å². The standard InChI is InChI=1S/C21H18N8O5S4/c22-20-25-15(28-38-20)12(27-34-6-10-4-2-1-3-5-10)16(30)24-13-17(31)29-14(19(32)33)11(7-35-18(13)29)8-36-21-26-23-9-37-21/h1-5,9,13,18H,6-8H2,(H,24,30)(H,32,33)(H2,22,25,28)/b27-12+/t13?,18-/m1/s1. The van der Waals surface area contributed by atoms with Crippen molar-refractivity contribution in [3.8, 4) is 0 Å². The van der Waals surface area contributed by atoms with Gasteiger partial charge < -0.3 is 21.0 Å². The molecule has 0 radical (unpaired) electrons. The predicted octanol–water partition coefficient (Wildman–Crippen LogP) is 1.42. The van der Waals surface area contributed by atoms with Gasteiger partial charge in [0, 0.05) is 23.0 Å². The number of nitrogens with one attached hydrogen (secondary N) is 1. The van der Waals surface area contributed by atoms with Crippen LogP contribution in [-0.4, -0.2) is 76.0 Å². The number of anilines is 1. The van der Waals surface area contributed by atoms with Crippen LogP contribution in [0, 0.1) is 0 Å². The maximum atomic E-state index is 13.2. The summed E-state index contributed by atoms with van der Waals surface area (Å²) in [6, 6.07) is 8.26. The van der Waals surface area contributed by atoms with Crippen molar-refractivity contribution in [3.05, 3.63) is 58.5 Å². The average Bonchev–Trinajstić information content (AvgIpc) is 3.60. The van der Waals surface area contributed by atoms with E-state index in [1.165, 1.54) is 39.8 Å². The normalized spacial score (nSPS) is 19.1. The molecule has 3 aromatic rings. The Bertz CT molecular complexity index is 1410. The van der Waals surface area contributed by atoms with Gasteiger partial charge >= 0.3 is 5.97 Å². The highest BCUT2D eigenvalue weighted by Gasteiger charge is 2.54. The number of nitrogen functional groups attached to an aromatic ring is 1. The zero-order valence-corrected chi connectivity index (χ0v) is 22.5. The van der Waals surface area contributed by atoms with Crippen molar-refractivity contribution in [1.82, 2.24) is 29.8 Å². The van der Waals surface area contributed by atoms with Crippen LogP contribution in [0.4, 0.5) is 5.13 Å². The van der Waals surface area contributed by atoms with Gasteiger partial charge in [-0.05, 0) is 11.1 Å². The van der Waals surface area contributed by atoms with Crippen LogP contribution in [0.25, 0.3) is 0 Å². The molecule has 1 fully saturated rings. The van der Waals surface area contributed by atoms with Gasteiger partial charge in [-0.2, -0.15) is 9.36 Å². The molecule has 0 saturated carbocycles. The number of β-lactam (4-membered cyclic amide) rings is 1. The van der Waals surface area contributed by atoms with Gasteiger partial charge in [0.1, 0.15) is 29.2 Å². The minimum atomic E-state index is -1.21. The number of carbonyl (C=O) groups is 3. The Morgan fingerprint density at radius 2 is 2.13 bits per heavy atom. The number of carboxylic acid groups (broad SMARTS) is 1. The van der Waals surface area contributed by atoms with E-state index in [1.54, 1.807) is 5.51 Å². The maximum absolute atomic E-state index is 13.2. The molecule has 2 aliphatic heterocycles. The number of aliphatic carboxylic acids is 1. The van der Waals surface area contributed by atoms with E-state index in [9.17, 15) is 19.5 Å². The molecule has 1 unspecified atom stereocenters. The van der Waals surface area contributed by atoms with Gasteiger partial charge in [0.05, 0.1) is 0 Å². The Balaban J connectivity index is 1.30. The fourth-order valence-corrected chi connectivity index (χ4v) is 7.05. The summed E-state index contributed by atoms with van der Waals surface area (Å²) < 4.78 is 4.74. The number of aromatic nitrogens is 4. The number of nitrogens with two attached hydrogens (primary N) is 1. The molecule has 2 aromatic heterocycles. The van der Waals surface area contributed by atoms with Crippen molar-refractivity contribution in [1.29, 1.82) is 0 Å². The number of carbonyl (C=O) groups excluding carboxylic acids is 2. The summed E-state index contributed by atoms with van der Waals surface area (Å²) in [4.78, 5) is 48.9. The first kappa shape index (κ1) is 26.1. The first-order chi connectivity index (χ1) is 18.4. The van der Waals surface area contributed by atoms with Crippen molar-refractivity contribution >= 4 is 75.0 Å². The second-order valence-corrected chi connectivity index (χ2v) is 11.7. The van der Waals surface area contributed by atoms with Gasteiger partial charge in [-0.3, -0.25) is 14.5 Å². The Labute approximate surface area is 231 Å². The smallest absolute Gasteiger partial charge is 0.352 e. The lowest BCUT2D eigenvalue weighted by molar-refractivity contribution is -0.150. The molecule has 0 spiro atoms. The van der Waals surface area contributed by atoms with E-state index in [-0.39, 0.29) is 29.0 Å². The molecule has 17 heteroatoms. The summed E-state index contributed by atoms with van der Waals surface area (Å²) in [5, 5.41) is 23.7. The number of amides is 2. The van der Waals surface area contributed by atoms with Gasteiger partial charge in [0.25, 0.3) is 11.8 Å². The lowest BCUT2D eigenvalue weighted by Gasteiger charge is -2.49. The van der Waals surface area contributed by atoms with E-state index >= 15 is 0 Å². The summed E-state index contributed by atoms with van der Waals surface area (Å²) in [6.45, 7) is 0.0937. The lowest BCUT2D eigenvalue weighted by atomic mass is 10.0. The number of nitrogens with zero attached hydrogens (tertiary/aromatic N) is 6. The molecule has 1 saturated heterocycles. The number of hydrogen-bond donors (Lipinski definition) is 3. The van der Waals surface area contributed by atoms with Gasteiger partial charge in [-0.15, -0.1) is 22.0 Å². The van der Waals surface area contributed by atoms with E-state index in [0.29, 0.717) is 21.4 Å². The molecule has 4 N–H and O–H groups in total. The molecule has 2 amide bonds. The van der Waals surface area contributed by atoms with Gasteiger partial charge in [0.15, 0.2) is 9.47 Å². The van der Waals surface area contributed by atoms with Gasteiger partial charge in [-0.1, -0.05) is 58.6 Å². The monoisotopic (exact) mass is 590 g/mol. The van der Waals surface area contributed by atoms with Crippen LogP contribution in [-0.2, 0) is 25.8 Å². The van der Waals surface area contributed by atoms with Crippen LogP contribution >= 0.6 is 46.4 Å². The van der Waals surface area contributed by atoms with E-state index in [4.69, 9.17) is 10.6 Å². The number of rotatable bonds is 10. The van der Waals surface area contributed by atoms with Gasteiger partial charge in [-0.25, -0.2) is 4.79 Å². The molecule has 38 heavy (non-hydrogen) atoms. The van der Waals surface area contributed by atoms with Crippen LogP contribution in [0.1, 0.15) is 11.4 Å². The highest BCUT2D eigenvalue weighted by molar-refractivity contribution is 8.01. The number of carboxylic acids is 1. The fourth-order valence-electron chi connectivity index (χ4n) is 3.64. The quantitative estimate of drug-likeness (QED) is 0.134. The van der Waals surface area contributed by atoms with Crippen molar-refractivity contribution in [3.63, 3.8) is 0 Å². The Morgan fingerprint density at radius 3 is 2.82 bits per heavy atom. The largest absolute Gasteiger partial charge is 0.477 e. The number of fused-ring (bicyclic) bond motifs is 1. The summed E-state index contributed by atoms with van der Waals surface area (Å²) in [5.41, 5.74) is 8.38. The molecule has 2 atom stereocenters. The third kappa shape index (κ3) is 5.50. The molecule has 196 valence electrons. The van der Waals surface area contributed by atoms with Crippen molar-refractivity contribution in [2.45, 2.75) is 22.4 Å². The molecule has 1 aromatic carbocycles. The van der Waals surface area contributed by atoms with Crippen LogP contribution in [0.15, 0.2) is 56.6 Å². The van der Waals surface area contributed by atoms with Crippen molar-refractivity contribution in [2.75, 3.05) is 17.2 Å². The molecule has 13 nitrogen and oxygen atoms in total. The third-order valence-electron chi connectivity index (χ3n) is 5.34. The summed E-state index contributed by atoms with van der Waals surface area (Å²) in [5.74, 6) is -1.81. The molecular formula is C21H18N8O5S4. The van der Waals surface area contributed by atoms with Crippen molar-refractivity contribution < 1.29 is 24.3 Å². The third-order valence-corrected chi connectivity index (χ3v) is 9.17. The second kappa shape index (κ2) is 11.5. The van der Waals surface area contributed by atoms with Crippen molar-refractivity contribution in [2.24, 2.45) is 5.16 Å². The van der Waals surface area contributed by atoms with Gasteiger partial charge in [0.2, 0.25) is 11.5 Å². The molecular weight excluding hydrogens is 573 g/mol. The maximum Gasteiger partial charge on any atom is 0.352 e. The summed E-state index contributed by atoms with van der Waals surface area (Å²) >= 11 is 4.95. The number of hydrogen-bond acceptors (Lipinski definition) is 14. The molecule has 2 aliphatic rings. The predicted molar refractivity (Wildman–Crippen MR) is 142 cm³/mol. The first-order valence-electron chi connectivity index (χ1n) is 10.9. The Morgan fingerprint density at radius 1 is 1.32 bits per heavy atom. The molecule has 0 aliphatic carbocycles. The number of thioether (sulfide) groups is 2. The van der Waals surface area contributed by atoms with E-state index in [1.807, 2.05) is 30.3 Å². The fraction of sp³-hybridized carbons (Fsp3) is 0.238. The highest BCUT2D eigenvalue weighted by Crippen LogP contribution is 2.41. The average molecular weight is 591 g/mol. The van der Waals surface area contributed by atoms with E-state index < -0.39 is 29.2 Å². The minimum absolute atomic E-state index is 0.0416. The molecule has 4 heterocycles. The second-order valence-electron chi connectivity index (χ2n) is 7.77. The summed E-state index contributed by atoms with van der Waals surface area (Å²) in [7, 11) is 0. The zero-order valence-electron chi connectivity index (χ0n) is 19.2. The summed E-state index contributed by atoms with van der Waals surface area (Å²) in [6.07, 6.45) is 0. The zero-order chi connectivity index (χ0) is 26.6. The Hall–Kier alpha value is -3.54. The minimum Gasteiger partial charge on any atom is -0.477 e. The lowest BCUT2D eigenvalue weighted by Crippen LogP contribution is -2.71. The van der Waals surface area contributed by atoms with E-state index in [0.717, 1.165) is 17.1 Å². The SMILES string of the molecule is Nc1nc(/C(=N\OCc2ccccc2)C(=O)NC2C(=O)N3C(C(=O)O)=C(CSc4nncs4)CS[C@H]23)ns1. The topological polar surface area (TPSA) is 186 Å². The van der Waals surface area contributed by atoms with E-state index in [2.05, 4.69) is 30.0 Å². The number of benzene rings is 1. The van der Waals surface area contributed by atoms with Crippen LogP contribution in [0.5, 0.6) is 0 Å². The van der Waals surface area contributed by atoms with Crippen LogP contribution in [0.3, 0.4) is 0 Å². The highest BCUT2D eigenvalue weighted by atomic mass is 32.2. The molecule has 5 rings (SSSR count). The molecule has 0 bridgehead atoms. The number of oxime groups is 1. The first-order valence-corrected chi connectivity index (χ1v) is 14.5. The Kier molecular flexibility index (Phi) is 7.87.